The van der Waals surface area contributed by atoms with E-state index >= 15 is 0 Å². The van der Waals surface area contributed by atoms with Crippen molar-refractivity contribution in [1.29, 1.82) is 0 Å². The van der Waals surface area contributed by atoms with E-state index in [1.807, 2.05) is 0 Å². The zero-order valence-corrected chi connectivity index (χ0v) is 9.48. The van der Waals surface area contributed by atoms with Crippen LogP contribution in [0.1, 0.15) is 17.5 Å². The minimum absolute atomic E-state index is 0.0528. The lowest BCUT2D eigenvalue weighted by atomic mass is 9.91. The van der Waals surface area contributed by atoms with Gasteiger partial charge in [0.05, 0.1) is 4.90 Å². The number of benzene rings is 1. The van der Waals surface area contributed by atoms with Gasteiger partial charge in [-0.3, -0.25) is 0 Å². The first-order chi connectivity index (χ1) is 6.97. The predicted molar refractivity (Wildman–Crippen MR) is 56.4 cm³/mol. The standard InChI is InChI=1S/C10H10ClFO2S/c11-15(13,14)10-4-2-7-1-3-9(12)5-8(7)6-10/h2,4,6,9H,1,3,5H2. The molecule has 0 radical (unpaired) electrons. The summed E-state index contributed by atoms with van der Waals surface area (Å²) < 4.78 is 35.3. The highest BCUT2D eigenvalue weighted by molar-refractivity contribution is 8.13. The van der Waals surface area contributed by atoms with E-state index in [4.69, 9.17) is 10.7 Å². The van der Waals surface area contributed by atoms with Gasteiger partial charge in [0.25, 0.3) is 9.05 Å². The van der Waals surface area contributed by atoms with Gasteiger partial charge in [0.15, 0.2) is 0 Å². The molecule has 0 aromatic heterocycles. The van der Waals surface area contributed by atoms with Crippen molar-refractivity contribution < 1.29 is 12.8 Å². The molecule has 5 heteroatoms. The third-order valence-corrected chi connectivity index (χ3v) is 3.98. The summed E-state index contributed by atoms with van der Waals surface area (Å²) in [6, 6.07) is 4.67. The maximum Gasteiger partial charge on any atom is 0.261 e. The normalized spacial score (nSPS) is 21.1. The molecule has 0 spiro atoms. The molecule has 0 saturated heterocycles. The van der Waals surface area contributed by atoms with Crippen molar-refractivity contribution in [3.05, 3.63) is 29.3 Å². The summed E-state index contributed by atoms with van der Waals surface area (Å²) in [5, 5.41) is 0. The molecular weight excluding hydrogens is 239 g/mol. The molecule has 1 aliphatic rings. The molecule has 0 bridgehead atoms. The Morgan fingerprint density at radius 3 is 2.73 bits per heavy atom. The molecule has 15 heavy (non-hydrogen) atoms. The Kier molecular flexibility index (Phi) is 2.73. The van der Waals surface area contributed by atoms with Gasteiger partial charge in [-0.1, -0.05) is 6.07 Å². The highest BCUT2D eigenvalue weighted by atomic mass is 35.7. The summed E-state index contributed by atoms with van der Waals surface area (Å²) in [6.45, 7) is 0. The number of rotatable bonds is 1. The van der Waals surface area contributed by atoms with Crippen molar-refractivity contribution in [2.45, 2.75) is 30.3 Å². The summed E-state index contributed by atoms with van der Waals surface area (Å²) in [7, 11) is 1.51. The average Bonchev–Trinajstić information content (AvgIpc) is 2.15. The number of halogens is 2. The van der Waals surface area contributed by atoms with Gasteiger partial charge in [0.2, 0.25) is 0 Å². The van der Waals surface area contributed by atoms with Gasteiger partial charge in [-0.15, -0.1) is 0 Å². The lowest BCUT2D eigenvalue weighted by molar-refractivity contribution is 0.301. The van der Waals surface area contributed by atoms with Crippen LogP contribution in [0.3, 0.4) is 0 Å². The number of aryl methyl sites for hydroxylation is 1. The van der Waals surface area contributed by atoms with Crippen LogP contribution in [-0.2, 0) is 21.9 Å². The van der Waals surface area contributed by atoms with Crippen molar-refractivity contribution >= 4 is 19.7 Å². The highest BCUT2D eigenvalue weighted by Crippen LogP contribution is 2.26. The molecule has 0 fully saturated rings. The van der Waals surface area contributed by atoms with E-state index in [0.29, 0.717) is 12.8 Å². The van der Waals surface area contributed by atoms with Crippen molar-refractivity contribution in [3.8, 4) is 0 Å². The molecule has 2 rings (SSSR count). The Morgan fingerprint density at radius 2 is 2.07 bits per heavy atom. The minimum atomic E-state index is -3.70. The van der Waals surface area contributed by atoms with Crippen LogP contribution >= 0.6 is 10.7 Å². The van der Waals surface area contributed by atoms with Gasteiger partial charge in [-0.2, -0.15) is 0 Å². The molecule has 82 valence electrons. The van der Waals surface area contributed by atoms with Gasteiger partial charge >= 0.3 is 0 Å². The van der Waals surface area contributed by atoms with Crippen LogP contribution in [0.4, 0.5) is 4.39 Å². The van der Waals surface area contributed by atoms with Crippen molar-refractivity contribution in [2.75, 3.05) is 0 Å². The molecule has 1 aliphatic carbocycles. The molecule has 2 nitrogen and oxygen atoms in total. The fourth-order valence-corrected chi connectivity index (χ4v) is 2.64. The van der Waals surface area contributed by atoms with E-state index in [9.17, 15) is 12.8 Å². The van der Waals surface area contributed by atoms with Crippen LogP contribution in [0.25, 0.3) is 0 Å². The molecule has 0 heterocycles. The Hall–Kier alpha value is -0.610. The molecule has 1 aromatic rings. The van der Waals surface area contributed by atoms with Crippen LogP contribution in [0.5, 0.6) is 0 Å². The van der Waals surface area contributed by atoms with E-state index < -0.39 is 15.2 Å². The zero-order valence-electron chi connectivity index (χ0n) is 7.91. The molecule has 0 saturated carbocycles. The second-order valence-electron chi connectivity index (χ2n) is 3.71. The van der Waals surface area contributed by atoms with E-state index in [1.165, 1.54) is 12.1 Å². The maximum absolute atomic E-state index is 13.1. The first-order valence-electron chi connectivity index (χ1n) is 4.67. The monoisotopic (exact) mass is 248 g/mol. The molecule has 0 N–H and O–H groups in total. The first-order valence-corrected chi connectivity index (χ1v) is 6.98. The van der Waals surface area contributed by atoms with Gasteiger partial charge in [0.1, 0.15) is 6.17 Å². The quantitative estimate of drug-likeness (QED) is 0.716. The minimum Gasteiger partial charge on any atom is -0.247 e. The number of fused-ring (bicyclic) bond motifs is 1. The van der Waals surface area contributed by atoms with Crippen LogP contribution in [0, 0.1) is 0 Å². The maximum atomic E-state index is 13.1. The first kappa shape index (κ1) is 10.9. The van der Waals surface area contributed by atoms with Gasteiger partial charge < -0.3 is 0 Å². The number of hydrogen-bond acceptors (Lipinski definition) is 2. The molecule has 1 atom stereocenters. The Labute approximate surface area is 92.5 Å². The number of hydrogen-bond donors (Lipinski definition) is 0. The van der Waals surface area contributed by atoms with Crippen LogP contribution in [0.2, 0.25) is 0 Å². The largest absolute Gasteiger partial charge is 0.261 e. The van der Waals surface area contributed by atoms with E-state index in [1.54, 1.807) is 6.07 Å². The fourth-order valence-electron chi connectivity index (χ4n) is 1.84. The Balaban J connectivity index is 2.46. The summed E-state index contributed by atoms with van der Waals surface area (Å²) in [4.78, 5) is 0.0528. The van der Waals surface area contributed by atoms with E-state index in [0.717, 1.165) is 11.1 Å². The van der Waals surface area contributed by atoms with Gasteiger partial charge in [-0.25, -0.2) is 12.8 Å². The molecule has 1 unspecified atom stereocenters. The SMILES string of the molecule is O=S(=O)(Cl)c1ccc2c(c1)CC(F)CC2. The fraction of sp³-hybridized carbons (Fsp3) is 0.400. The van der Waals surface area contributed by atoms with Crippen molar-refractivity contribution in [2.24, 2.45) is 0 Å². The summed E-state index contributed by atoms with van der Waals surface area (Å²) in [6.07, 6.45) is 0.597. The van der Waals surface area contributed by atoms with Crippen molar-refractivity contribution in [1.82, 2.24) is 0 Å². The summed E-state index contributed by atoms with van der Waals surface area (Å²) in [5.41, 5.74) is 1.78. The predicted octanol–water partition coefficient (Wildman–Crippen LogP) is 2.44. The van der Waals surface area contributed by atoms with Gasteiger partial charge in [-0.05, 0) is 36.1 Å². The van der Waals surface area contributed by atoms with E-state index in [-0.39, 0.29) is 11.3 Å². The molecule has 0 amide bonds. The molecule has 0 aliphatic heterocycles. The Bertz CT molecular complexity index is 484. The number of alkyl halides is 1. The zero-order chi connectivity index (χ0) is 11.1. The highest BCUT2D eigenvalue weighted by Gasteiger charge is 2.20. The second kappa shape index (κ2) is 3.76. The smallest absolute Gasteiger partial charge is 0.247 e. The summed E-state index contributed by atoms with van der Waals surface area (Å²) >= 11 is 0. The summed E-state index contributed by atoms with van der Waals surface area (Å²) in [5.74, 6) is 0. The lowest BCUT2D eigenvalue weighted by Crippen LogP contribution is -2.15. The second-order valence-corrected chi connectivity index (χ2v) is 6.27. The van der Waals surface area contributed by atoms with Crippen molar-refractivity contribution in [3.63, 3.8) is 0 Å². The topological polar surface area (TPSA) is 34.1 Å². The molecular formula is C10H10ClFO2S. The lowest BCUT2D eigenvalue weighted by Gasteiger charge is -2.19. The van der Waals surface area contributed by atoms with Crippen LogP contribution < -0.4 is 0 Å². The third-order valence-electron chi connectivity index (χ3n) is 2.63. The Morgan fingerprint density at radius 1 is 1.33 bits per heavy atom. The van der Waals surface area contributed by atoms with Gasteiger partial charge in [0, 0.05) is 17.1 Å². The average molecular weight is 249 g/mol. The van der Waals surface area contributed by atoms with Crippen LogP contribution in [0.15, 0.2) is 23.1 Å². The molecule has 1 aromatic carbocycles. The van der Waals surface area contributed by atoms with Crippen LogP contribution in [-0.4, -0.2) is 14.6 Å². The van der Waals surface area contributed by atoms with E-state index in [2.05, 4.69) is 0 Å². The third kappa shape index (κ3) is 2.32.